The monoisotopic (exact) mass is 753 g/mol. The first-order valence-corrected chi connectivity index (χ1v) is 20.7. The fraction of sp³-hybridized carbons (Fsp3) is 0.553. The molecule has 0 radical (unpaired) electrons. The molecule has 0 saturated heterocycles. The van der Waals surface area contributed by atoms with Crippen LogP contribution in [0.5, 0.6) is 5.88 Å². The highest BCUT2D eigenvalue weighted by Crippen LogP contribution is 2.43. The molecule has 288 valence electrons. The molecule has 53 heavy (non-hydrogen) atoms. The molecule has 1 fully saturated rings. The summed E-state index contributed by atoms with van der Waals surface area (Å²) in [6.45, 7) is 23.5. The van der Waals surface area contributed by atoms with E-state index in [1.165, 1.54) is 17.3 Å². The van der Waals surface area contributed by atoms with Crippen LogP contribution in [0.25, 0.3) is 21.9 Å². The number of amides is 3. The number of nitrogens with one attached hydrogen (secondary N) is 2. The van der Waals surface area contributed by atoms with Gasteiger partial charge in [0.1, 0.15) is 35.4 Å². The minimum Gasteiger partial charge on any atom is -0.474 e. The Kier molecular flexibility index (Phi) is 10.8. The van der Waals surface area contributed by atoms with Crippen molar-refractivity contribution in [3.05, 3.63) is 35.9 Å². The van der Waals surface area contributed by atoms with E-state index in [2.05, 4.69) is 54.5 Å². The smallest absolute Gasteiger partial charge is 0.415 e. The van der Waals surface area contributed by atoms with E-state index in [0.717, 1.165) is 0 Å². The fourth-order valence-electron chi connectivity index (χ4n) is 5.76. The van der Waals surface area contributed by atoms with Gasteiger partial charge in [0.05, 0.1) is 18.3 Å². The van der Waals surface area contributed by atoms with Crippen LogP contribution in [0, 0.1) is 12.7 Å². The highest BCUT2D eigenvalue weighted by molar-refractivity contribution is 6.74. The number of aromatic nitrogens is 2. The highest BCUT2D eigenvalue weighted by atomic mass is 28.4. The first-order chi connectivity index (χ1) is 24.4. The number of hydrogen-bond donors (Lipinski definition) is 2. The molecule has 5 rings (SSSR count). The number of ether oxygens (including phenoxy) is 4. The first kappa shape index (κ1) is 39.7. The Morgan fingerprint density at radius 1 is 0.887 bits per heavy atom. The SMILES string of the molecule is Cc1c(-c2cc3cc(NC(=O)OC4CC(O[Si](C)(C)C(C)(C)C)C4)ncc3c(NC(=O)OC(C)(C)C)c2F)cnc2c1N(C(=O)OC(C)(C)C)CCO2. The summed E-state index contributed by atoms with van der Waals surface area (Å²) in [5.41, 5.74) is -0.565. The van der Waals surface area contributed by atoms with E-state index in [9.17, 15) is 14.4 Å². The van der Waals surface area contributed by atoms with Gasteiger partial charge in [-0.05, 0) is 89.7 Å². The van der Waals surface area contributed by atoms with Crippen LogP contribution in [0.4, 0.5) is 36.0 Å². The van der Waals surface area contributed by atoms with Gasteiger partial charge < -0.3 is 23.4 Å². The number of anilines is 3. The molecule has 0 bridgehead atoms. The zero-order chi connectivity index (χ0) is 39.3. The summed E-state index contributed by atoms with van der Waals surface area (Å²) >= 11 is 0. The van der Waals surface area contributed by atoms with Crippen molar-refractivity contribution in [1.82, 2.24) is 9.97 Å². The molecule has 15 heteroatoms. The van der Waals surface area contributed by atoms with Crippen molar-refractivity contribution in [3.8, 4) is 17.0 Å². The normalized spacial score (nSPS) is 17.6. The van der Waals surface area contributed by atoms with Crippen LogP contribution in [0.2, 0.25) is 18.1 Å². The molecule has 2 N–H and O–H groups in total. The lowest BCUT2D eigenvalue weighted by Gasteiger charge is -2.44. The predicted molar refractivity (Wildman–Crippen MR) is 204 cm³/mol. The molecule has 1 saturated carbocycles. The Balaban J connectivity index is 1.47. The van der Waals surface area contributed by atoms with Crippen LogP contribution in [0.1, 0.15) is 80.7 Å². The highest BCUT2D eigenvalue weighted by Gasteiger charge is 2.43. The van der Waals surface area contributed by atoms with Crippen LogP contribution >= 0.6 is 0 Å². The Bertz CT molecular complexity index is 1910. The van der Waals surface area contributed by atoms with Crippen molar-refractivity contribution < 1.29 is 42.1 Å². The standard InChI is InChI=1S/C38H52FN5O8Si/c1-21-26(19-41-32-31(21)44(13-14-48-32)35(47)51-37(5,6)7)25-15-22-16-28(40-20-27(22)30(29(25)39)43-34(46)50-36(2,3)4)42-33(45)49-23-17-24(18-23)52-53(11,12)38(8,9)10/h15-16,19-20,23-24H,13-14,17-18H2,1-12H3,(H,43,46)(H,40,42,45). The molecule has 3 heterocycles. The molecule has 1 aromatic carbocycles. The van der Waals surface area contributed by atoms with Crippen LogP contribution in [-0.4, -0.2) is 73.1 Å². The number of halogens is 1. The third kappa shape index (κ3) is 9.18. The first-order valence-electron chi connectivity index (χ1n) is 17.8. The molecule has 3 aromatic rings. The Labute approximate surface area is 311 Å². The fourth-order valence-corrected chi connectivity index (χ4v) is 7.14. The van der Waals surface area contributed by atoms with Gasteiger partial charge in [0, 0.05) is 41.7 Å². The summed E-state index contributed by atoms with van der Waals surface area (Å²) in [5, 5.41) is 6.00. The van der Waals surface area contributed by atoms with Gasteiger partial charge in [0.25, 0.3) is 0 Å². The second-order valence-corrected chi connectivity index (χ2v) is 21.8. The second kappa shape index (κ2) is 14.4. The van der Waals surface area contributed by atoms with Crippen molar-refractivity contribution in [2.45, 2.75) is 124 Å². The molecule has 1 aliphatic carbocycles. The zero-order valence-corrected chi connectivity index (χ0v) is 33.8. The van der Waals surface area contributed by atoms with Crippen LogP contribution in [-0.2, 0) is 18.6 Å². The molecule has 3 amide bonds. The summed E-state index contributed by atoms with van der Waals surface area (Å²) in [4.78, 5) is 49.4. The Morgan fingerprint density at radius 2 is 1.55 bits per heavy atom. The topological polar surface area (TPSA) is 150 Å². The Hall–Kier alpha value is -4.50. The van der Waals surface area contributed by atoms with Gasteiger partial charge in [0.15, 0.2) is 14.1 Å². The van der Waals surface area contributed by atoms with E-state index in [1.807, 2.05) is 0 Å². The number of carbonyl (C=O) groups is 3. The minimum absolute atomic E-state index is 0.0426. The zero-order valence-electron chi connectivity index (χ0n) is 32.8. The van der Waals surface area contributed by atoms with Gasteiger partial charge in [-0.25, -0.2) is 28.7 Å². The second-order valence-electron chi connectivity index (χ2n) is 17.1. The maximum atomic E-state index is 16.7. The van der Waals surface area contributed by atoms with Crippen molar-refractivity contribution >= 4 is 54.6 Å². The molecule has 2 aromatic heterocycles. The van der Waals surface area contributed by atoms with Crippen molar-refractivity contribution in [1.29, 1.82) is 0 Å². The van der Waals surface area contributed by atoms with Gasteiger partial charge in [0.2, 0.25) is 5.88 Å². The van der Waals surface area contributed by atoms with E-state index in [0.29, 0.717) is 35.0 Å². The predicted octanol–water partition coefficient (Wildman–Crippen LogP) is 9.33. The molecule has 1 aliphatic heterocycles. The van der Waals surface area contributed by atoms with Gasteiger partial charge in [-0.15, -0.1) is 0 Å². The molecule has 0 spiro atoms. The quantitative estimate of drug-likeness (QED) is 0.184. The number of fused-ring (bicyclic) bond motifs is 2. The van der Waals surface area contributed by atoms with Crippen LogP contribution < -0.4 is 20.3 Å². The lowest BCUT2D eigenvalue weighted by Crippen LogP contribution is -2.49. The van der Waals surface area contributed by atoms with Gasteiger partial charge in [-0.2, -0.15) is 0 Å². The number of nitrogens with zero attached hydrogens (tertiary/aromatic N) is 3. The molecular weight excluding hydrogens is 702 g/mol. The minimum atomic E-state index is -1.94. The average Bonchev–Trinajstić information content (AvgIpc) is 2.99. The van der Waals surface area contributed by atoms with Crippen LogP contribution in [0.3, 0.4) is 0 Å². The van der Waals surface area contributed by atoms with Crippen molar-refractivity contribution in [2.24, 2.45) is 0 Å². The van der Waals surface area contributed by atoms with Crippen LogP contribution in [0.15, 0.2) is 24.5 Å². The number of carbonyl (C=O) groups excluding carboxylic acids is 3. The average molecular weight is 754 g/mol. The van der Waals surface area contributed by atoms with E-state index >= 15 is 4.39 Å². The number of rotatable bonds is 6. The lowest BCUT2D eigenvalue weighted by atomic mass is 9.92. The summed E-state index contributed by atoms with van der Waals surface area (Å²) < 4.78 is 45.6. The molecule has 2 aliphatic rings. The number of hydrogen-bond acceptors (Lipinski definition) is 10. The van der Waals surface area contributed by atoms with E-state index in [-0.39, 0.29) is 58.7 Å². The maximum Gasteiger partial charge on any atom is 0.415 e. The summed E-state index contributed by atoms with van der Waals surface area (Å²) in [5.74, 6) is -0.424. The van der Waals surface area contributed by atoms with Gasteiger partial charge in [-0.3, -0.25) is 15.5 Å². The van der Waals surface area contributed by atoms with Crippen molar-refractivity contribution in [3.63, 3.8) is 0 Å². The Morgan fingerprint density at radius 3 is 2.17 bits per heavy atom. The molecule has 0 atom stereocenters. The van der Waals surface area contributed by atoms with Gasteiger partial charge >= 0.3 is 18.3 Å². The lowest BCUT2D eigenvalue weighted by molar-refractivity contribution is -0.0243. The van der Waals surface area contributed by atoms with E-state index in [4.69, 9.17) is 23.4 Å². The molecule has 13 nitrogen and oxygen atoms in total. The largest absolute Gasteiger partial charge is 0.474 e. The van der Waals surface area contributed by atoms with E-state index in [1.54, 1.807) is 60.6 Å². The third-order valence-electron chi connectivity index (χ3n) is 9.41. The molecule has 0 unspecified atom stereocenters. The maximum absolute atomic E-state index is 16.7. The third-order valence-corrected chi connectivity index (χ3v) is 13.9. The summed E-state index contributed by atoms with van der Waals surface area (Å²) in [7, 11) is -1.94. The summed E-state index contributed by atoms with van der Waals surface area (Å²) in [6, 6.07) is 3.12. The van der Waals surface area contributed by atoms with E-state index < -0.39 is 43.6 Å². The number of pyridine rings is 2. The molecular formula is C38H52FN5O8Si. The summed E-state index contributed by atoms with van der Waals surface area (Å²) in [6.07, 6.45) is 1.63. The van der Waals surface area contributed by atoms with Crippen molar-refractivity contribution in [2.75, 3.05) is 28.7 Å². The number of benzene rings is 1. The van der Waals surface area contributed by atoms with Gasteiger partial charge in [-0.1, -0.05) is 20.8 Å².